The number of benzene rings is 2. The van der Waals surface area contributed by atoms with Crippen LogP contribution in [0.4, 0.5) is 5.69 Å². The van der Waals surface area contributed by atoms with Crippen LogP contribution >= 0.6 is 11.6 Å². The number of nitrogens with one attached hydrogen (secondary N) is 2. The number of nitro groups is 1. The Hall–Kier alpha value is -2.19. The first-order valence-electron chi connectivity index (χ1n) is 8.33. The quantitative estimate of drug-likeness (QED) is 0.507. The summed E-state index contributed by atoms with van der Waals surface area (Å²) in [6.07, 6.45) is -0.298. The van der Waals surface area contributed by atoms with Gasteiger partial charge in [0.1, 0.15) is 5.75 Å². The van der Waals surface area contributed by atoms with Crippen molar-refractivity contribution in [3.05, 3.63) is 63.2 Å². The largest absolute Gasteiger partial charge is 0.450 e. The van der Waals surface area contributed by atoms with Crippen LogP contribution in [0, 0.1) is 16.0 Å². The van der Waals surface area contributed by atoms with Gasteiger partial charge in [-0.05, 0) is 29.8 Å². The topological polar surface area (TPSA) is 96.7 Å². The van der Waals surface area contributed by atoms with E-state index < -0.39 is 4.92 Å². The molecule has 3 N–H and O–H groups in total. The maximum Gasteiger partial charge on any atom is 0.313 e. The van der Waals surface area contributed by atoms with Crippen molar-refractivity contribution in [2.75, 3.05) is 19.6 Å². The van der Waals surface area contributed by atoms with E-state index in [4.69, 9.17) is 16.3 Å². The number of aliphatic hydroxyl groups excluding tert-OH is 1. The van der Waals surface area contributed by atoms with Gasteiger partial charge < -0.3 is 20.5 Å². The number of halogens is 1. The Morgan fingerprint density at radius 3 is 2.69 bits per heavy atom. The van der Waals surface area contributed by atoms with E-state index in [2.05, 4.69) is 10.6 Å². The molecule has 0 aliphatic carbocycles. The summed E-state index contributed by atoms with van der Waals surface area (Å²) in [5, 5.41) is 27.6. The molecule has 8 heteroatoms. The number of aliphatic hydroxyl groups is 1. The monoisotopic (exact) mass is 377 g/mol. The van der Waals surface area contributed by atoms with Crippen molar-refractivity contribution in [1.29, 1.82) is 0 Å². The first-order valence-corrected chi connectivity index (χ1v) is 8.71. The lowest BCUT2D eigenvalue weighted by molar-refractivity contribution is -0.385. The van der Waals surface area contributed by atoms with Crippen LogP contribution in [0.1, 0.15) is 5.56 Å². The van der Waals surface area contributed by atoms with Gasteiger partial charge >= 0.3 is 5.69 Å². The SMILES string of the molecule is O=[N+]([O-])c1cc(Cl)ccc1Oc1ccc(CNCC2CNCC2O)cc1. The molecule has 0 saturated carbocycles. The van der Waals surface area contributed by atoms with Gasteiger partial charge in [-0.1, -0.05) is 23.7 Å². The maximum atomic E-state index is 11.1. The summed E-state index contributed by atoms with van der Waals surface area (Å²) in [5.41, 5.74) is 0.885. The van der Waals surface area contributed by atoms with Crippen molar-refractivity contribution >= 4 is 17.3 Å². The Kier molecular flexibility index (Phi) is 6.05. The normalized spacial score (nSPS) is 19.5. The molecule has 0 bridgehead atoms. The second-order valence-electron chi connectivity index (χ2n) is 6.23. The molecule has 1 aliphatic rings. The Morgan fingerprint density at radius 2 is 2.04 bits per heavy atom. The molecule has 26 heavy (non-hydrogen) atoms. The van der Waals surface area contributed by atoms with Crippen molar-refractivity contribution in [2.45, 2.75) is 12.6 Å². The van der Waals surface area contributed by atoms with Crippen LogP contribution in [0.2, 0.25) is 5.02 Å². The van der Waals surface area contributed by atoms with Crippen LogP contribution in [-0.2, 0) is 6.54 Å². The summed E-state index contributed by atoms with van der Waals surface area (Å²) in [6, 6.07) is 11.6. The molecule has 7 nitrogen and oxygen atoms in total. The molecule has 0 spiro atoms. The van der Waals surface area contributed by atoms with Crippen molar-refractivity contribution in [3.8, 4) is 11.5 Å². The van der Waals surface area contributed by atoms with Gasteiger partial charge in [-0.15, -0.1) is 0 Å². The van der Waals surface area contributed by atoms with Gasteiger partial charge in [0.15, 0.2) is 0 Å². The fourth-order valence-electron chi connectivity index (χ4n) is 2.85. The van der Waals surface area contributed by atoms with E-state index in [1.165, 1.54) is 12.1 Å². The molecule has 0 amide bonds. The summed E-state index contributed by atoms with van der Waals surface area (Å²) in [5.74, 6) is 0.880. The molecule has 2 unspecified atom stereocenters. The lowest BCUT2D eigenvalue weighted by Gasteiger charge is -2.14. The van der Waals surface area contributed by atoms with E-state index >= 15 is 0 Å². The van der Waals surface area contributed by atoms with Gasteiger partial charge in [-0.3, -0.25) is 10.1 Å². The van der Waals surface area contributed by atoms with E-state index in [9.17, 15) is 15.2 Å². The highest BCUT2D eigenvalue weighted by Crippen LogP contribution is 2.33. The van der Waals surface area contributed by atoms with Gasteiger partial charge in [-0.2, -0.15) is 0 Å². The third kappa shape index (κ3) is 4.70. The molecule has 1 fully saturated rings. The number of hydrogen-bond acceptors (Lipinski definition) is 6. The standard InChI is InChI=1S/C18H20ClN3O4/c19-14-3-6-18(16(7-14)22(24)25)26-15-4-1-12(2-5-15)8-20-9-13-10-21-11-17(13)23/h1-7,13,17,20-21,23H,8-11H2. The van der Waals surface area contributed by atoms with E-state index in [1.54, 1.807) is 18.2 Å². The van der Waals surface area contributed by atoms with Crippen molar-refractivity contribution in [1.82, 2.24) is 10.6 Å². The fraction of sp³-hybridized carbons (Fsp3) is 0.333. The van der Waals surface area contributed by atoms with Crippen LogP contribution in [-0.4, -0.2) is 35.8 Å². The predicted octanol–water partition coefficient (Wildman–Crippen LogP) is 2.71. The molecular formula is C18H20ClN3O4. The number of nitrogens with zero attached hydrogens (tertiary/aromatic N) is 1. The fourth-order valence-corrected chi connectivity index (χ4v) is 3.02. The zero-order chi connectivity index (χ0) is 18.5. The molecule has 1 heterocycles. The van der Waals surface area contributed by atoms with Gasteiger partial charge in [0, 0.05) is 43.2 Å². The molecule has 2 aromatic carbocycles. The highest BCUT2D eigenvalue weighted by Gasteiger charge is 2.24. The zero-order valence-electron chi connectivity index (χ0n) is 14.0. The average molecular weight is 378 g/mol. The first-order chi connectivity index (χ1) is 12.5. The number of rotatable bonds is 7. The van der Waals surface area contributed by atoms with Gasteiger partial charge in [0.25, 0.3) is 0 Å². The Morgan fingerprint density at radius 1 is 1.27 bits per heavy atom. The Balaban J connectivity index is 1.57. The van der Waals surface area contributed by atoms with Crippen LogP contribution < -0.4 is 15.4 Å². The summed E-state index contributed by atoms with van der Waals surface area (Å²) in [4.78, 5) is 10.6. The van der Waals surface area contributed by atoms with Gasteiger partial charge in [0.2, 0.25) is 5.75 Å². The Labute approximate surface area is 156 Å². The van der Waals surface area contributed by atoms with E-state index in [0.717, 1.165) is 18.7 Å². The molecule has 1 saturated heterocycles. The predicted molar refractivity (Wildman–Crippen MR) is 98.7 cm³/mol. The summed E-state index contributed by atoms with van der Waals surface area (Å²) in [6.45, 7) is 2.88. The average Bonchev–Trinajstić information content (AvgIpc) is 3.03. The Bertz CT molecular complexity index is 770. The summed E-state index contributed by atoms with van der Waals surface area (Å²) >= 11 is 5.80. The summed E-state index contributed by atoms with van der Waals surface area (Å²) in [7, 11) is 0. The minimum absolute atomic E-state index is 0.146. The lowest BCUT2D eigenvalue weighted by atomic mass is 10.1. The number of hydrogen-bond donors (Lipinski definition) is 3. The highest BCUT2D eigenvalue weighted by molar-refractivity contribution is 6.30. The lowest BCUT2D eigenvalue weighted by Crippen LogP contribution is -2.30. The van der Waals surface area contributed by atoms with Crippen LogP contribution in [0.25, 0.3) is 0 Å². The maximum absolute atomic E-state index is 11.1. The third-order valence-electron chi connectivity index (χ3n) is 4.31. The minimum atomic E-state index is -0.522. The molecule has 2 aromatic rings. The van der Waals surface area contributed by atoms with E-state index in [-0.39, 0.29) is 28.5 Å². The van der Waals surface area contributed by atoms with Crippen molar-refractivity contribution < 1.29 is 14.8 Å². The van der Waals surface area contributed by atoms with Crippen LogP contribution in [0.3, 0.4) is 0 Å². The van der Waals surface area contributed by atoms with Crippen molar-refractivity contribution in [2.24, 2.45) is 5.92 Å². The van der Waals surface area contributed by atoms with Crippen LogP contribution in [0.15, 0.2) is 42.5 Å². The number of β-amino-alcohol motifs (C(OH)–C–C–N with tert-alkyl or cyclic N) is 1. The molecule has 138 valence electrons. The molecule has 3 rings (SSSR count). The van der Waals surface area contributed by atoms with Gasteiger partial charge in [-0.25, -0.2) is 0 Å². The first kappa shape index (κ1) is 18.6. The molecule has 0 radical (unpaired) electrons. The second-order valence-corrected chi connectivity index (χ2v) is 6.67. The number of ether oxygens (including phenoxy) is 1. The van der Waals surface area contributed by atoms with Gasteiger partial charge in [0.05, 0.1) is 11.0 Å². The molecule has 0 aromatic heterocycles. The van der Waals surface area contributed by atoms with Crippen molar-refractivity contribution in [3.63, 3.8) is 0 Å². The number of nitro benzene ring substituents is 1. The summed E-state index contributed by atoms with van der Waals surface area (Å²) < 4.78 is 5.62. The highest BCUT2D eigenvalue weighted by atomic mass is 35.5. The zero-order valence-corrected chi connectivity index (χ0v) is 14.8. The molecule has 1 aliphatic heterocycles. The minimum Gasteiger partial charge on any atom is -0.450 e. The van der Waals surface area contributed by atoms with E-state index in [0.29, 0.717) is 18.8 Å². The third-order valence-corrected chi connectivity index (χ3v) is 4.54. The molecular weight excluding hydrogens is 358 g/mol. The smallest absolute Gasteiger partial charge is 0.313 e. The second kappa shape index (κ2) is 8.46. The van der Waals surface area contributed by atoms with E-state index in [1.807, 2.05) is 12.1 Å². The molecule has 2 atom stereocenters. The van der Waals surface area contributed by atoms with Crippen LogP contribution in [0.5, 0.6) is 11.5 Å².